The second-order valence-corrected chi connectivity index (χ2v) is 10.8. The zero-order chi connectivity index (χ0) is 25.0. The fourth-order valence-electron chi connectivity index (χ4n) is 5.54. The second-order valence-electron chi connectivity index (χ2n) is 9.77. The van der Waals surface area contributed by atoms with E-state index in [1.165, 1.54) is 0 Å². The summed E-state index contributed by atoms with van der Waals surface area (Å²) in [5.74, 6) is 1.70. The molecule has 5 aromatic rings. The van der Waals surface area contributed by atoms with Crippen LogP contribution in [0.2, 0.25) is 0 Å². The molecule has 2 N–H and O–H groups in total. The molecule has 11 heteroatoms. The van der Waals surface area contributed by atoms with Gasteiger partial charge in [0.15, 0.2) is 11.5 Å². The van der Waals surface area contributed by atoms with Gasteiger partial charge < -0.3 is 10.6 Å². The van der Waals surface area contributed by atoms with E-state index in [9.17, 15) is 0 Å². The molecule has 0 saturated carbocycles. The standard InChI is InChI=1S/C26H26N10S/c1-17-20(6-10-28-25(17)35-12-2-9-30-35)37-22-4-3-18-24(33-22)29-15-21(32-18)34-13-7-26(8-14-34)16-36-19(23(26)27)5-11-31-36/h2-6,9-12,15,23H,7-8,13-14,16,27H2,1H3/t23-/m1/s1. The molecule has 0 amide bonds. The Kier molecular flexibility index (Phi) is 5.22. The molecule has 2 aliphatic heterocycles. The average Bonchev–Trinajstić information content (AvgIpc) is 3.66. The lowest BCUT2D eigenvalue weighted by molar-refractivity contribution is 0.170. The first-order chi connectivity index (χ1) is 18.1. The minimum absolute atomic E-state index is 0.0413. The molecular weight excluding hydrogens is 484 g/mol. The third-order valence-corrected chi connectivity index (χ3v) is 8.80. The van der Waals surface area contributed by atoms with Gasteiger partial charge in [-0.25, -0.2) is 24.6 Å². The number of rotatable bonds is 4. The molecule has 10 nitrogen and oxygen atoms in total. The summed E-state index contributed by atoms with van der Waals surface area (Å²) in [6, 6.07) is 9.99. The highest BCUT2D eigenvalue weighted by atomic mass is 32.2. The molecule has 186 valence electrons. The number of nitrogens with zero attached hydrogens (tertiary/aromatic N) is 9. The molecule has 0 unspecified atom stereocenters. The van der Waals surface area contributed by atoms with Crippen molar-refractivity contribution >= 4 is 28.7 Å². The van der Waals surface area contributed by atoms with Crippen molar-refractivity contribution in [2.75, 3.05) is 18.0 Å². The van der Waals surface area contributed by atoms with Gasteiger partial charge in [0.2, 0.25) is 0 Å². The van der Waals surface area contributed by atoms with Gasteiger partial charge in [-0.2, -0.15) is 10.2 Å². The summed E-state index contributed by atoms with van der Waals surface area (Å²) in [6.45, 7) is 4.76. The predicted molar refractivity (Wildman–Crippen MR) is 141 cm³/mol. The number of fused-ring (bicyclic) bond motifs is 2. The van der Waals surface area contributed by atoms with Crippen LogP contribution in [0.4, 0.5) is 5.82 Å². The largest absolute Gasteiger partial charge is 0.355 e. The highest BCUT2D eigenvalue weighted by Crippen LogP contribution is 2.47. The minimum atomic E-state index is 0.0413. The first-order valence-corrected chi connectivity index (χ1v) is 13.2. The lowest BCUT2D eigenvalue weighted by atomic mass is 9.73. The zero-order valence-corrected chi connectivity index (χ0v) is 21.2. The molecule has 7 rings (SSSR count). The molecule has 5 aromatic heterocycles. The third-order valence-electron chi connectivity index (χ3n) is 7.71. The van der Waals surface area contributed by atoms with Gasteiger partial charge in [0.1, 0.15) is 16.4 Å². The smallest absolute Gasteiger partial charge is 0.179 e. The van der Waals surface area contributed by atoms with Gasteiger partial charge in [-0.05, 0) is 50.1 Å². The van der Waals surface area contributed by atoms with E-state index in [1.807, 2.05) is 42.9 Å². The summed E-state index contributed by atoms with van der Waals surface area (Å²) >= 11 is 1.59. The summed E-state index contributed by atoms with van der Waals surface area (Å²) in [4.78, 5) is 22.2. The molecule has 0 aliphatic carbocycles. The Morgan fingerprint density at radius 2 is 1.89 bits per heavy atom. The van der Waals surface area contributed by atoms with Gasteiger partial charge in [-0.3, -0.25) is 4.68 Å². The van der Waals surface area contributed by atoms with Crippen molar-refractivity contribution < 1.29 is 0 Å². The molecule has 0 radical (unpaired) electrons. The van der Waals surface area contributed by atoms with E-state index >= 15 is 0 Å². The van der Waals surface area contributed by atoms with Gasteiger partial charge in [-0.15, -0.1) is 0 Å². The quantitative estimate of drug-likeness (QED) is 0.387. The highest BCUT2D eigenvalue weighted by Gasteiger charge is 2.47. The topological polar surface area (TPSA) is 116 Å². The number of pyridine rings is 2. The van der Waals surface area contributed by atoms with E-state index in [-0.39, 0.29) is 11.5 Å². The molecule has 1 atom stereocenters. The van der Waals surface area contributed by atoms with Crippen molar-refractivity contribution in [3.63, 3.8) is 0 Å². The average molecular weight is 511 g/mol. The van der Waals surface area contributed by atoms with Crippen molar-refractivity contribution in [1.29, 1.82) is 0 Å². The summed E-state index contributed by atoms with van der Waals surface area (Å²) in [6.07, 6.45) is 11.2. The lowest BCUT2D eigenvalue weighted by Gasteiger charge is -2.41. The second kappa shape index (κ2) is 8.63. The first kappa shape index (κ1) is 22.4. The number of hydrogen-bond acceptors (Lipinski definition) is 9. The zero-order valence-electron chi connectivity index (χ0n) is 20.4. The molecule has 7 heterocycles. The maximum absolute atomic E-state index is 6.65. The van der Waals surface area contributed by atoms with E-state index in [2.05, 4.69) is 42.7 Å². The van der Waals surface area contributed by atoms with Crippen LogP contribution in [0.25, 0.3) is 17.0 Å². The fraction of sp³-hybridized carbons (Fsp3) is 0.308. The molecule has 0 aromatic carbocycles. The summed E-state index contributed by atoms with van der Waals surface area (Å²) < 4.78 is 3.85. The number of hydrogen-bond donors (Lipinski definition) is 1. The highest BCUT2D eigenvalue weighted by molar-refractivity contribution is 7.99. The van der Waals surface area contributed by atoms with Gasteiger partial charge in [-0.1, -0.05) is 11.8 Å². The molecule has 1 spiro atoms. The summed E-state index contributed by atoms with van der Waals surface area (Å²) in [5, 5.41) is 9.62. The van der Waals surface area contributed by atoms with Crippen molar-refractivity contribution in [2.45, 2.75) is 42.3 Å². The molecule has 0 bridgehead atoms. The Balaban J connectivity index is 1.08. The van der Waals surface area contributed by atoms with Crippen LogP contribution < -0.4 is 10.6 Å². The van der Waals surface area contributed by atoms with Crippen molar-refractivity contribution in [3.8, 4) is 5.82 Å². The molecule has 37 heavy (non-hydrogen) atoms. The van der Waals surface area contributed by atoms with Crippen LogP contribution in [0, 0.1) is 12.3 Å². The van der Waals surface area contributed by atoms with Gasteiger partial charge in [0.05, 0.1) is 17.9 Å². The minimum Gasteiger partial charge on any atom is -0.355 e. The van der Waals surface area contributed by atoms with Gasteiger partial charge in [0.25, 0.3) is 0 Å². The molecule has 1 saturated heterocycles. The van der Waals surface area contributed by atoms with Crippen LogP contribution in [-0.4, -0.2) is 52.6 Å². The number of anilines is 1. The monoisotopic (exact) mass is 510 g/mol. The van der Waals surface area contributed by atoms with Crippen LogP contribution in [0.5, 0.6) is 0 Å². The van der Waals surface area contributed by atoms with Crippen molar-refractivity contribution in [3.05, 3.63) is 72.6 Å². The van der Waals surface area contributed by atoms with E-state index in [4.69, 9.17) is 15.7 Å². The van der Waals surface area contributed by atoms with Crippen molar-refractivity contribution in [1.82, 2.24) is 39.5 Å². The Bertz CT molecular complexity index is 1590. The molecule has 2 aliphatic rings. The third kappa shape index (κ3) is 3.77. The number of piperidine rings is 1. The van der Waals surface area contributed by atoms with E-state index in [0.717, 1.165) is 70.8 Å². The maximum Gasteiger partial charge on any atom is 0.179 e. The van der Waals surface area contributed by atoms with Gasteiger partial charge >= 0.3 is 0 Å². The molecular formula is C26H26N10S. The van der Waals surface area contributed by atoms with Crippen LogP contribution >= 0.6 is 11.8 Å². The molecule has 1 fully saturated rings. The first-order valence-electron chi connectivity index (χ1n) is 12.4. The summed E-state index contributed by atoms with van der Waals surface area (Å²) in [5.41, 5.74) is 10.4. The van der Waals surface area contributed by atoms with Gasteiger partial charge in [0, 0.05) is 60.3 Å². The Morgan fingerprint density at radius 3 is 2.70 bits per heavy atom. The van der Waals surface area contributed by atoms with Crippen LogP contribution in [0.15, 0.2) is 71.2 Å². The number of aromatic nitrogens is 8. The summed E-state index contributed by atoms with van der Waals surface area (Å²) in [7, 11) is 0. The van der Waals surface area contributed by atoms with Crippen LogP contribution in [0.1, 0.15) is 30.1 Å². The van der Waals surface area contributed by atoms with Crippen LogP contribution in [-0.2, 0) is 6.54 Å². The normalized spacial score (nSPS) is 18.5. The Labute approximate surface area is 218 Å². The fourth-order valence-corrected chi connectivity index (χ4v) is 6.41. The number of nitrogens with two attached hydrogens (primary N) is 1. The van der Waals surface area contributed by atoms with E-state index < -0.39 is 0 Å². The SMILES string of the molecule is Cc1c(Sc2ccc3nc(N4CCC5(CC4)Cn4nccc4[C@H]5N)cnc3n2)ccnc1-n1cccn1. The predicted octanol–water partition coefficient (Wildman–Crippen LogP) is 3.56. The Hall–Kier alpha value is -3.83. The maximum atomic E-state index is 6.65. The van der Waals surface area contributed by atoms with Crippen molar-refractivity contribution in [2.24, 2.45) is 11.1 Å². The van der Waals surface area contributed by atoms with E-state index in [1.54, 1.807) is 28.8 Å². The lowest BCUT2D eigenvalue weighted by Crippen LogP contribution is -2.45. The van der Waals surface area contributed by atoms with E-state index in [0.29, 0.717) is 5.65 Å². The Morgan fingerprint density at radius 1 is 1.00 bits per heavy atom. The van der Waals surface area contributed by atoms with Crippen LogP contribution in [0.3, 0.4) is 0 Å².